The number of rotatable bonds is 3. The fraction of sp³-hybridized carbons (Fsp3) is 0.400. The predicted molar refractivity (Wildman–Crippen MR) is 80.7 cm³/mol. The normalized spacial score (nSPS) is 10.5. The second kappa shape index (κ2) is 6.89. The van der Waals surface area contributed by atoms with Gasteiger partial charge in [0.05, 0.1) is 11.3 Å². The number of urea groups is 1. The van der Waals surface area contributed by atoms with Crippen LogP contribution in [0, 0.1) is 17.1 Å². The highest BCUT2D eigenvalue weighted by molar-refractivity contribution is 5.93. The van der Waals surface area contributed by atoms with E-state index in [1.807, 2.05) is 20.8 Å². The molecule has 0 aliphatic carbocycles. The molecule has 22 heavy (non-hydrogen) atoms. The Balaban J connectivity index is 2.69. The van der Waals surface area contributed by atoms with E-state index in [-0.39, 0.29) is 29.2 Å². The number of amides is 3. The third kappa shape index (κ3) is 5.40. The highest BCUT2D eigenvalue weighted by Crippen LogP contribution is 2.16. The molecule has 0 bridgehead atoms. The van der Waals surface area contributed by atoms with Crippen LogP contribution in [0.15, 0.2) is 18.2 Å². The van der Waals surface area contributed by atoms with Crippen molar-refractivity contribution in [2.75, 3.05) is 18.9 Å². The molecule has 0 unspecified atom stereocenters. The Morgan fingerprint density at radius 1 is 1.36 bits per heavy atom. The molecule has 1 aromatic carbocycles. The van der Waals surface area contributed by atoms with Gasteiger partial charge in [-0.25, -0.2) is 9.18 Å². The summed E-state index contributed by atoms with van der Waals surface area (Å²) in [4.78, 5) is 24.9. The number of anilines is 1. The van der Waals surface area contributed by atoms with Crippen LogP contribution in [0.2, 0.25) is 0 Å². The maximum atomic E-state index is 13.0. The number of carbonyl (C=O) groups excluding carboxylic acids is 2. The van der Waals surface area contributed by atoms with Crippen molar-refractivity contribution < 1.29 is 14.0 Å². The fourth-order valence-electron chi connectivity index (χ4n) is 1.67. The second-order valence-electron chi connectivity index (χ2n) is 5.89. The molecule has 0 fully saturated rings. The first kappa shape index (κ1) is 17.4. The second-order valence-corrected chi connectivity index (χ2v) is 5.89. The first-order valence-electron chi connectivity index (χ1n) is 6.65. The Hall–Kier alpha value is -2.62. The third-order valence-electron chi connectivity index (χ3n) is 2.59. The van der Waals surface area contributed by atoms with E-state index in [4.69, 9.17) is 5.26 Å². The monoisotopic (exact) mass is 306 g/mol. The molecule has 0 radical (unpaired) electrons. The van der Waals surface area contributed by atoms with Crippen molar-refractivity contribution in [3.63, 3.8) is 0 Å². The van der Waals surface area contributed by atoms with Gasteiger partial charge in [-0.15, -0.1) is 0 Å². The lowest BCUT2D eigenvalue weighted by Crippen LogP contribution is -2.47. The van der Waals surface area contributed by atoms with Gasteiger partial charge in [0, 0.05) is 12.6 Å². The van der Waals surface area contributed by atoms with E-state index in [9.17, 15) is 14.0 Å². The molecule has 0 saturated carbocycles. The molecule has 6 nitrogen and oxygen atoms in total. The number of likely N-dealkylation sites (N-methyl/N-ethyl adjacent to an activating group) is 1. The number of nitrogens with one attached hydrogen (secondary N) is 2. The van der Waals surface area contributed by atoms with Gasteiger partial charge >= 0.3 is 6.03 Å². The van der Waals surface area contributed by atoms with E-state index in [0.717, 1.165) is 12.1 Å². The summed E-state index contributed by atoms with van der Waals surface area (Å²) in [5, 5.41) is 14.1. The first-order chi connectivity index (χ1) is 10.1. The lowest BCUT2D eigenvalue weighted by molar-refractivity contribution is -0.122. The van der Waals surface area contributed by atoms with E-state index < -0.39 is 11.8 Å². The van der Waals surface area contributed by atoms with Crippen molar-refractivity contribution in [3.8, 4) is 6.07 Å². The predicted octanol–water partition coefficient (Wildman–Crippen LogP) is 2.08. The number of nitrogens with zero attached hydrogens (tertiary/aromatic N) is 2. The molecule has 0 atom stereocenters. The number of benzene rings is 1. The van der Waals surface area contributed by atoms with Gasteiger partial charge in [-0.3, -0.25) is 4.79 Å². The Morgan fingerprint density at radius 3 is 2.55 bits per heavy atom. The van der Waals surface area contributed by atoms with Gasteiger partial charge in [0.25, 0.3) is 0 Å². The SMILES string of the molecule is CN(CC(=O)NC(C)(C)C)C(=O)Nc1ccc(F)cc1C#N. The largest absolute Gasteiger partial charge is 0.350 e. The van der Waals surface area contributed by atoms with Crippen LogP contribution in [0.5, 0.6) is 0 Å². The summed E-state index contributed by atoms with van der Waals surface area (Å²) < 4.78 is 13.0. The van der Waals surface area contributed by atoms with Crippen molar-refractivity contribution in [3.05, 3.63) is 29.6 Å². The minimum atomic E-state index is -0.563. The van der Waals surface area contributed by atoms with Crippen molar-refractivity contribution in [1.29, 1.82) is 5.26 Å². The fourth-order valence-corrected chi connectivity index (χ4v) is 1.67. The molecule has 0 spiro atoms. The van der Waals surface area contributed by atoms with Crippen LogP contribution in [-0.2, 0) is 4.79 Å². The van der Waals surface area contributed by atoms with Crippen LogP contribution >= 0.6 is 0 Å². The molecule has 0 aliphatic heterocycles. The highest BCUT2D eigenvalue weighted by Gasteiger charge is 2.18. The molecule has 7 heteroatoms. The molecule has 0 heterocycles. The van der Waals surface area contributed by atoms with Crippen LogP contribution in [0.1, 0.15) is 26.3 Å². The Labute approximate surface area is 128 Å². The van der Waals surface area contributed by atoms with Gasteiger partial charge < -0.3 is 15.5 Å². The zero-order chi connectivity index (χ0) is 16.9. The van der Waals surface area contributed by atoms with E-state index in [2.05, 4.69) is 10.6 Å². The molecule has 1 rings (SSSR count). The van der Waals surface area contributed by atoms with Crippen molar-refractivity contribution in [2.45, 2.75) is 26.3 Å². The average molecular weight is 306 g/mol. The van der Waals surface area contributed by atoms with Gasteiger partial charge in [0.15, 0.2) is 0 Å². The average Bonchev–Trinajstić information content (AvgIpc) is 2.38. The minimum absolute atomic E-state index is 0.0147. The molecule has 0 aliphatic rings. The Kier molecular flexibility index (Phi) is 5.46. The summed E-state index contributed by atoms with van der Waals surface area (Å²) in [5.41, 5.74) is -0.183. The molecule has 1 aromatic rings. The zero-order valence-corrected chi connectivity index (χ0v) is 13.0. The summed E-state index contributed by atoms with van der Waals surface area (Å²) >= 11 is 0. The number of nitriles is 1. The van der Waals surface area contributed by atoms with Gasteiger partial charge in [-0.1, -0.05) is 0 Å². The topological polar surface area (TPSA) is 85.2 Å². The van der Waals surface area contributed by atoms with E-state index in [0.29, 0.717) is 0 Å². The summed E-state index contributed by atoms with van der Waals surface area (Å²) in [6, 6.07) is 4.71. The summed E-state index contributed by atoms with van der Waals surface area (Å²) in [6.45, 7) is 5.38. The number of hydrogen-bond acceptors (Lipinski definition) is 3. The molecular formula is C15H19FN4O2. The highest BCUT2D eigenvalue weighted by atomic mass is 19.1. The minimum Gasteiger partial charge on any atom is -0.350 e. The van der Waals surface area contributed by atoms with Crippen LogP contribution in [0.25, 0.3) is 0 Å². The number of halogens is 1. The molecule has 0 aromatic heterocycles. The molecular weight excluding hydrogens is 287 g/mol. The molecule has 118 valence electrons. The van der Waals surface area contributed by atoms with Crippen LogP contribution in [0.3, 0.4) is 0 Å². The standard InChI is InChI=1S/C15H19FN4O2/c1-15(2,3)19-13(21)9-20(4)14(22)18-12-6-5-11(16)7-10(12)8-17/h5-7H,9H2,1-4H3,(H,18,22)(H,19,21). The number of carbonyl (C=O) groups is 2. The molecule has 2 N–H and O–H groups in total. The molecule has 3 amide bonds. The van der Waals surface area contributed by atoms with Gasteiger partial charge in [0.2, 0.25) is 5.91 Å². The Morgan fingerprint density at radius 2 is 2.00 bits per heavy atom. The van der Waals surface area contributed by atoms with Gasteiger partial charge in [-0.05, 0) is 39.0 Å². The van der Waals surface area contributed by atoms with E-state index >= 15 is 0 Å². The van der Waals surface area contributed by atoms with Crippen LogP contribution in [0.4, 0.5) is 14.9 Å². The quantitative estimate of drug-likeness (QED) is 0.896. The summed E-state index contributed by atoms with van der Waals surface area (Å²) in [6.07, 6.45) is 0. The van der Waals surface area contributed by atoms with Gasteiger partial charge in [0.1, 0.15) is 18.4 Å². The van der Waals surface area contributed by atoms with Crippen LogP contribution < -0.4 is 10.6 Å². The van der Waals surface area contributed by atoms with E-state index in [1.54, 1.807) is 6.07 Å². The summed E-state index contributed by atoms with van der Waals surface area (Å²) in [7, 11) is 1.45. The lowest BCUT2D eigenvalue weighted by atomic mass is 10.1. The van der Waals surface area contributed by atoms with Crippen molar-refractivity contribution >= 4 is 17.6 Å². The zero-order valence-electron chi connectivity index (χ0n) is 13.0. The lowest BCUT2D eigenvalue weighted by Gasteiger charge is -2.23. The van der Waals surface area contributed by atoms with Gasteiger partial charge in [-0.2, -0.15) is 5.26 Å². The van der Waals surface area contributed by atoms with Crippen LogP contribution in [-0.4, -0.2) is 36.0 Å². The van der Waals surface area contributed by atoms with Crippen molar-refractivity contribution in [1.82, 2.24) is 10.2 Å². The Bertz CT molecular complexity index is 617. The number of hydrogen-bond donors (Lipinski definition) is 2. The smallest absolute Gasteiger partial charge is 0.322 e. The van der Waals surface area contributed by atoms with Crippen molar-refractivity contribution in [2.24, 2.45) is 0 Å². The maximum absolute atomic E-state index is 13.0. The first-order valence-corrected chi connectivity index (χ1v) is 6.65. The third-order valence-corrected chi connectivity index (χ3v) is 2.59. The van der Waals surface area contributed by atoms with E-state index in [1.165, 1.54) is 18.0 Å². The maximum Gasteiger partial charge on any atom is 0.322 e. The summed E-state index contributed by atoms with van der Waals surface area (Å²) in [5.74, 6) is -0.864. The molecule has 0 saturated heterocycles.